The van der Waals surface area contributed by atoms with Crippen LogP contribution in [0.25, 0.3) is 0 Å². The zero-order chi connectivity index (χ0) is 51.7. The van der Waals surface area contributed by atoms with E-state index >= 15 is 0 Å². The number of allylic oxidation sites excluding steroid dienone is 19. The van der Waals surface area contributed by atoms with Gasteiger partial charge in [-0.25, -0.2) is 0 Å². The number of rotatable bonds is 38. The normalized spacial score (nSPS) is 26.8. The first-order valence-electron chi connectivity index (χ1n) is 26.3. The summed E-state index contributed by atoms with van der Waals surface area (Å²) in [5, 5.41) is 86.5. The summed E-state index contributed by atoms with van der Waals surface area (Å²) < 4.78 is 22.6. The van der Waals surface area contributed by atoms with Crippen LogP contribution < -0.4 is 5.32 Å². The lowest BCUT2D eigenvalue weighted by atomic mass is 9.97. The highest BCUT2D eigenvalue weighted by molar-refractivity contribution is 5.76. The van der Waals surface area contributed by atoms with Crippen molar-refractivity contribution in [3.63, 3.8) is 0 Å². The molecular weight excluding hydrogens is 907 g/mol. The Morgan fingerprint density at radius 1 is 0.521 bits per heavy atom. The Labute approximate surface area is 425 Å². The molecule has 2 aliphatic heterocycles. The fraction of sp³-hybridized carbons (Fsp3) is 0.632. The maximum atomic E-state index is 13.1. The number of carbonyl (C=O) groups is 1. The van der Waals surface area contributed by atoms with Crippen LogP contribution in [-0.4, -0.2) is 140 Å². The third-order valence-corrected chi connectivity index (χ3v) is 11.9. The molecule has 0 saturated carbocycles. The third kappa shape index (κ3) is 28.4. The molecule has 0 spiro atoms. The number of ether oxygens (including phenoxy) is 4. The number of unbranched alkanes of at least 4 members (excludes halogenated alkanes) is 7. The lowest BCUT2D eigenvalue weighted by Gasteiger charge is -2.46. The van der Waals surface area contributed by atoms with Crippen molar-refractivity contribution >= 4 is 5.91 Å². The van der Waals surface area contributed by atoms with Crippen molar-refractivity contribution in [3.05, 3.63) is 122 Å². The molecule has 14 heteroatoms. The minimum atomic E-state index is -1.80. The van der Waals surface area contributed by atoms with Crippen molar-refractivity contribution < 1.29 is 64.6 Å². The quantitative estimate of drug-likeness (QED) is 0.0216. The molecule has 2 saturated heterocycles. The minimum absolute atomic E-state index is 0.234. The van der Waals surface area contributed by atoms with Gasteiger partial charge in [-0.2, -0.15) is 0 Å². The number of aliphatic hydroxyl groups excluding tert-OH is 8. The van der Waals surface area contributed by atoms with Crippen molar-refractivity contribution in [1.82, 2.24) is 5.32 Å². The van der Waals surface area contributed by atoms with E-state index in [1.54, 1.807) is 6.08 Å². The molecule has 0 aliphatic carbocycles. The van der Waals surface area contributed by atoms with Gasteiger partial charge in [0.05, 0.1) is 32.0 Å². The van der Waals surface area contributed by atoms with Crippen LogP contribution >= 0.6 is 0 Å². The first-order chi connectivity index (χ1) is 34.6. The van der Waals surface area contributed by atoms with Gasteiger partial charge in [0.25, 0.3) is 0 Å². The molecule has 0 aromatic carbocycles. The molecule has 0 aromatic rings. The van der Waals surface area contributed by atoms with Gasteiger partial charge in [-0.05, 0) is 89.9 Å². The van der Waals surface area contributed by atoms with Crippen LogP contribution in [0.1, 0.15) is 136 Å². The van der Waals surface area contributed by atoms with E-state index < -0.39 is 86.8 Å². The molecule has 12 atom stereocenters. The largest absolute Gasteiger partial charge is 0.394 e. The van der Waals surface area contributed by atoms with Crippen molar-refractivity contribution in [2.45, 2.75) is 209 Å². The Bertz CT molecular complexity index is 1650. The summed E-state index contributed by atoms with van der Waals surface area (Å²) >= 11 is 0. The highest BCUT2D eigenvalue weighted by atomic mass is 16.7. The number of nitrogens with one attached hydrogen (secondary N) is 1. The Balaban J connectivity index is 1.73. The second kappa shape index (κ2) is 41.8. The van der Waals surface area contributed by atoms with Gasteiger partial charge >= 0.3 is 0 Å². The Morgan fingerprint density at radius 3 is 1.54 bits per heavy atom. The minimum Gasteiger partial charge on any atom is -0.394 e. The van der Waals surface area contributed by atoms with Crippen LogP contribution in [0.5, 0.6) is 0 Å². The molecule has 14 nitrogen and oxygen atoms in total. The van der Waals surface area contributed by atoms with E-state index in [0.717, 1.165) is 103 Å². The molecule has 1 amide bonds. The predicted molar refractivity (Wildman–Crippen MR) is 281 cm³/mol. The van der Waals surface area contributed by atoms with E-state index in [4.69, 9.17) is 18.9 Å². The lowest BCUT2D eigenvalue weighted by Crippen LogP contribution is -2.65. The topological polar surface area (TPSA) is 228 Å². The summed E-state index contributed by atoms with van der Waals surface area (Å²) in [6.45, 7) is 2.51. The summed E-state index contributed by atoms with van der Waals surface area (Å²) in [6.07, 6.45) is 42.7. The zero-order valence-electron chi connectivity index (χ0n) is 42.7. The average Bonchev–Trinajstić information content (AvgIpc) is 3.37. The van der Waals surface area contributed by atoms with E-state index in [9.17, 15) is 45.6 Å². The predicted octanol–water partition coefficient (Wildman–Crippen LogP) is 7.49. The molecular formula is C57H91NO13. The van der Waals surface area contributed by atoms with Gasteiger partial charge in [0.15, 0.2) is 12.6 Å². The monoisotopic (exact) mass is 998 g/mol. The van der Waals surface area contributed by atoms with E-state index in [2.05, 4.69) is 129 Å². The smallest absolute Gasteiger partial charge is 0.220 e. The second-order valence-electron chi connectivity index (χ2n) is 17.9. The number of hydrogen-bond donors (Lipinski definition) is 9. The molecule has 9 N–H and O–H groups in total. The van der Waals surface area contributed by atoms with Gasteiger partial charge < -0.3 is 65.1 Å². The zero-order valence-corrected chi connectivity index (χ0v) is 42.7. The summed E-state index contributed by atoms with van der Waals surface area (Å²) in [5.74, 6) is -0.285. The highest BCUT2D eigenvalue weighted by Gasteiger charge is 2.51. The third-order valence-electron chi connectivity index (χ3n) is 11.9. The molecule has 402 valence electrons. The molecule has 2 fully saturated rings. The van der Waals surface area contributed by atoms with Crippen LogP contribution in [0.3, 0.4) is 0 Å². The van der Waals surface area contributed by atoms with Gasteiger partial charge in [-0.15, -0.1) is 0 Å². The first kappa shape index (κ1) is 63.5. The number of amides is 1. The maximum absolute atomic E-state index is 13.1. The molecule has 2 aliphatic rings. The lowest BCUT2D eigenvalue weighted by molar-refractivity contribution is -0.359. The van der Waals surface area contributed by atoms with Crippen LogP contribution in [0.15, 0.2) is 122 Å². The van der Waals surface area contributed by atoms with Crippen molar-refractivity contribution in [1.29, 1.82) is 0 Å². The van der Waals surface area contributed by atoms with Crippen LogP contribution in [0, 0.1) is 0 Å². The molecule has 2 heterocycles. The Hall–Kier alpha value is -3.61. The van der Waals surface area contributed by atoms with Crippen LogP contribution in [0.2, 0.25) is 0 Å². The Morgan fingerprint density at radius 2 is 0.986 bits per heavy atom. The first-order valence-corrected chi connectivity index (χ1v) is 26.3. The van der Waals surface area contributed by atoms with Gasteiger partial charge in [-0.1, -0.05) is 161 Å². The van der Waals surface area contributed by atoms with E-state index in [1.165, 1.54) is 0 Å². The SMILES string of the molecule is CC/C=C\C/C=C\C/C=C\C/C=C\C/C=C\C/C=C\C/C=C\C/C=C\CCCCCCC(=O)NC(COC1OC(CO)C(OC2OC(CO)C(O)C(O)C2O)C(O)C1O)C(O)/C=C/CC/C=C/CCCC. The average molecular weight is 998 g/mol. The van der Waals surface area contributed by atoms with E-state index in [1.807, 2.05) is 6.08 Å². The van der Waals surface area contributed by atoms with Crippen molar-refractivity contribution in [2.24, 2.45) is 0 Å². The number of hydrogen-bond acceptors (Lipinski definition) is 13. The van der Waals surface area contributed by atoms with Crippen molar-refractivity contribution in [2.75, 3.05) is 19.8 Å². The fourth-order valence-electron chi connectivity index (χ4n) is 7.60. The summed E-state index contributed by atoms with van der Waals surface area (Å²) in [6, 6.07) is -0.952. The summed E-state index contributed by atoms with van der Waals surface area (Å²) in [4.78, 5) is 13.1. The fourth-order valence-corrected chi connectivity index (χ4v) is 7.60. The van der Waals surface area contributed by atoms with Gasteiger partial charge in [0.1, 0.15) is 48.8 Å². The number of aliphatic hydroxyl groups is 8. The van der Waals surface area contributed by atoms with Gasteiger partial charge in [0.2, 0.25) is 5.91 Å². The maximum Gasteiger partial charge on any atom is 0.220 e. The molecule has 2 rings (SSSR count). The standard InChI is InChI=1S/C57H91NO13/c1-3-5-7-9-11-13-14-15-16-17-18-19-20-21-22-23-24-25-26-27-28-29-30-31-32-33-35-37-39-41-49(62)58-45(46(61)40-38-36-34-12-10-8-6-4-2)44-68-56-54(67)52(65)55(48(43-60)70-56)71-57-53(66)51(64)50(63)47(42-59)69-57/h5,7,10-13,15-16,18-19,21-22,24-25,27-28,30-31,38,40,45-48,50-57,59-61,63-67H,3-4,6,8-9,14,17,20,23,26,29,32-37,39,41-44H2,1-2H3,(H,58,62)/b7-5-,12-10+,13-11-,16-15-,19-18-,22-21-,25-24-,28-27-,31-30-,40-38+. The van der Waals surface area contributed by atoms with E-state index in [-0.39, 0.29) is 18.9 Å². The molecule has 0 radical (unpaired) electrons. The molecule has 12 unspecified atom stereocenters. The molecule has 0 bridgehead atoms. The van der Waals surface area contributed by atoms with Gasteiger partial charge in [0, 0.05) is 6.42 Å². The Kier molecular flexibility index (Phi) is 37.4. The van der Waals surface area contributed by atoms with E-state index in [0.29, 0.717) is 12.8 Å². The van der Waals surface area contributed by atoms with Crippen LogP contribution in [0.4, 0.5) is 0 Å². The second-order valence-corrected chi connectivity index (χ2v) is 17.9. The molecule has 71 heavy (non-hydrogen) atoms. The highest BCUT2D eigenvalue weighted by Crippen LogP contribution is 2.30. The van der Waals surface area contributed by atoms with Crippen molar-refractivity contribution in [3.8, 4) is 0 Å². The summed E-state index contributed by atoms with van der Waals surface area (Å²) in [5.41, 5.74) is 0. The van der Waals surface area contributed by atoms with Gasteiger partial charge in [-0.3, -0.25) is 4.79 Å². The summed E-state index contributed by atoms with van der Waals surface area (Å²) in [7, 11) is 0. The molecule has 0 aromatic heterocycles. The van der Waals surface area contributed by atoms with Crippen LogP contribution in [-0.2, 0) is 23.7 Å². The number of carbonyl (C=O) groups excluding carboxylic acids is 1.